The molecule has 28 heavy (non-hydrogen) atoms. The van der Waals surface area contributed by atoms with Gasteiger partial charge in [0.1, 0.15) is 11.8 Å². The van der Waals surface area contributed by atoms with Crippen molar-refractivity contribution >= 4 is 11.8 Å². The van der Waals surface area contributed by atoms with Crippen LogP contribution in [0.3, 0.4) is 0 Å². The number of amides is 2. The zero-order valence-electron chi connectivity index (χ0n) is 16.2. The smallest absolute Gasteiger partial charge is 0.254 e. The number of hydrogen-bond acceptors (Lipinski definition) is 4. The van der Waals surface area contributed by atoms with E-state index in [0.717, 1.165) is 16.9 Å². The molecule has 2 amide bonds. The molecule has 0 aromatic heterocycles. The van der Waals surface area contributed by atoms with Gasteiger partial charge in [0.15, 0.2) is 0 Å². The third kappa shape index (κ3) is 4.51. The van der Waals surface area contributed by atoms with Crippen molar-refractivity contribution in [2.45, 2.75) is 32.4 Å². The van der Waals surface area contributed by atoms with Crippen LogP contribution in [0.2, 0.25) is 0 Å². The molecule has 6 heteroatoms. The molecular weight excluding hydrogens is 356 g/mol. The molecule has 2 aromatic rings. The summed E-state index contributed by atoms with van der Waals surface area (Å²) in [6.07, 6.45) is 0.335. The van der Waals surface area contributed by atoms with E-state index in [4.69, 9.17) is 4.74 Å². The minimum absolute atomic E-state index is 0.101. The van der Waals surface area contributed by atoms with Crippen molar-refractivity contribution < 1.29 is 19.4 Å². The van der Waals surface area contributed by atoms with E-state index in [2.05, 4.69) is 5.32 Å². The zero-order chi connectivity index (χ0) is 20.1. The quantitative estimate of drug-likeness (QED) is 0.804. The molecule has 1 fully saturated rings. The third-order valence-electron chi connectivity index (χ3n) is 4.67. The summed E-state index contributed by atoms with van der Waals surface area (Å²) in [6, 6.07) is 14.5. The lowest BCUT2D eigenvalue weighted by Gasteiger charge is -2.34. The molecule has 0 radical (unpaired) electrons. The first-order chi connectivity index (χ1) is 13.5. The Labute approximate surface area is 165 Å². The molecule has 3 rings (SSSR count). The van der Waals surface area contributed by atoms with Crippen molar-refractivity contribution in [1.82, 2.24) is 10.2 Å². The van der Waals surface area contributed by atoms with E-state index in [1.165, 1.54) is 0 Å². The van der Waals surface area contributed by atoms with E-state index in [-0.39, 0.29) is 30.9 Å². The maximum atomic E-state index is 12.9. The van der Waals surface area contributed by atoms with Crippen LogP contribution in [-0.4, -0.2) is 53.7 Å². The highest BCUT2D eigenvalue weighted by atomic mass is 16.5. The predicted molar refractivity (Wildman–Crippen MR) is 107 cm³/mol. The summed E-state index contributed by atoms with van der Waals surface area (Å²) in [5.74, 6) is 0.391. The fraction of sp³-hybridized carbons (Fsp3) is 0.364. The Morgan fingerprint density at radius 2 is 1.96 bits per heavy atom. The second-order valence-corrected chi connectivity index (χ2v) is 7.09. The Bertz CT molecular complexity index is 833. The molecule has 0 saturated carbocycles. The predicted octanol–water partition coefficient (Wildman–Crippen LogP) is 2.46. The van der Waals surface area contributed by atoms with Crippen LogP contribution in [0.5, 0.6) is 5.75 Å². The number of piperazine rings is 1. The summed E-state index contributed by atoms with van der Waals surface area (Å²) in [4.78, 5) is 26.5. The molecule has 1 saturated heterocycles. The fourth-order valence-corrected chi connectivity index (χ4v) is 3.36. The zero-order valence-corrected chi connectivity index (χ0v) is 16.2. The van der Waals surface area contributed by atoms with Gasteiger partial charge in [-0.3, -0.25) is 9.59 Å². The number of nitrogens with zero attached hydrogens (tertiary/aromatic N) is 1. The normalized spacial score (nSPS) is 16.8. The van der Waals surface area contributed by atoms with Gasteiger partial charge in [-0.2, -0.15) is 0 Å². The molecule has 1 atom stereocenters. The van der Waals surface area contributed by atoms with Crippen LogP contribution in [0.25, 0.3) is 11.1 Å². The fourth-order valence-electron chi connectivity index (χ4n) is 3.36. The number of ether oxygens (including phenoxy) is 1. The van der Waals surface area contributed by atoms with Gasteiger partial charge < -0.3 is 20.1 Å². The number of benzene rings is 2. The number of rotatable bonds is 6. The highest BCUT2D eigenvalue weighted by Crippen LogP contribution is 2.25. The summed E-state index contributed by atoms with van der Waals surface area (Å²) < 4.78 is 5.74. The first-order valence-electron chi connectivity index (χ1n) is 9.56. The van der Waals surface area contributed by atoms with E-state index < -0.39 is 6.04 Å². The van der Waals surface area contributed by atoms with Gasteiger partial charge in [0.25, 0.3) is 5.91 Å². The van der Waals surface area contributed by atoms with Crippen LogP contribution in [0.1, 0.15) is 30.6 Å². The van der Waals surface area contributed by atoms with Crippen molar-refractivity contribution in [3.8, 4) is 16.9 Å². The van der Waals surface area contributed by atoms with Gasteiger partial charge >= 0.3 is 0 Å². The second-order valence-electron chi connectivity index (χ2n) is 7.09. The number of hydrogen-bond donors (Lipinski definition) is 2. The Hall–Kier alpha value is -2.86. The highest BCUT2D eigenvalue weighted by Gasteiger charge is 2.32. The summed E-state index contributed by atoms with van der Waals surface area (Å²) in [6.45, 7) is 4.68. The van der Waals surface area contributed by atoms with Crippen LogP contribution < -0.4 is 10.1 Å². The van der Waals surface area contributed by atoms with Crippen LogP contribution in [0, 0.1) is 0 Å². The van der Waals surface area contributed by atoms with E-state index in [1.807, 2.05) is 50.2 Å². The molecule has 1 heterocycles. The molecule has 2 N–H and O–H groups in total. The standard InChI is InChI=1S/C22H26N2O4/c1-15(2)28-19-5-3-4-18(14-19)16-6-8-17(9-7-16)22(27)24-12-11-23-21(26)20(24)10-13-25/h3-9,14-15,20,25H,10-13H2,1-2H3,(H,23,26). The van der Waals surface area contributed by atoms with E-state index in [1.54, 1.807) is 17.0 Å². The SMILES string of the molecule is CC(C)Oc1cccc(-c2ccc(C(=O)N3CCNC(=O)C3CCO)cc2)c1. The van der Waals surface area contributed by atoms with Crippen molar-refractivity contribution in [3.63, 3.8) is 0 Å². The van der Waals surface area contributed by atoms with Gasteiger partial charge in [-0.1, -0.05) is 24.3 Å². The average Bonchev–Trinajstić information content (AvgIpc) is 2.69. The molecule has 2 aromatic carbocycles. The van der Waals surface area contributed by atoms with Gasteiger partial charge in [0, 0.05) is 25.3 Å². The number of aliphatic hydroxyl groups excluding tert-OH is 1. The Kier molecular flexibility index (Phi) is 6.31. The van der Waals surface area contributed by atoms with Crippen LogP contribution in [-0.2, 0) is 4.79 Å². The number of nitrogens with one attached hydrogen (secondary N) is 1. The molecule has 0 aliphatic carbocycles. The minimum Gasteiger partial charge on any atom is -0.491 e. The molecule has 1 aliphatic heterocycles. The number of carbonyl (C=O) groups excluding carboxylic acids is 2. The number of carbonyl (C=O) groups is 2. The van der Waals surface area contributed by atoms with E-state index in [0.29, 0.717) is 18.7 Å². The van der Waals surface area contributed by atoms with Crippen molar-refractivity contribution in [3.05, 3.63) is 54.1 Å². The topological polar surface area (TPSA) is 78.9 Å². The molecule has 1 unspecified atom stereocenters. The maximum Gasteiger partial charge on any atom is 0.254 e. The molecule has 0 spiro atoms. The first-order valence-corrected chi connectivity index (χ1v) is 9.56. The Balaban J connectivity index is 1.78. The monoisotopic (exact) mass is 382 g/mol. The summed E-state index contributed by atoms with van der Waals surface area (Å²) >= 11 is 0. The Morgan fingerprint density at radius 3 is 2.64 bits per heavy atom. The molecule has 148 valence electrons. The van der Waals surface area contributed by atoms with Crippen molar-refractivity contribution in [1.29, 1.82) is 0 Å². The highest BCUT2D eigenvalue weighted by molar-refractivity contribution is 5.98. The van der Waals surface area contributed by atoms with Crippen molar-refractivity contribution in [2.24, 2.45) is 0 Å². The summed E-state index contributed by atoms with van der Waals surface area (Å²) in [7, 11) is 0. The van der Waals surface area contributed by atoms with E-state index in [9.17, 15) is 14.7 Å². The average molecular weight is 382 g/mol. The molecule has 1 aliphatic rings. The molecular formula is C22H26N2O4. The van der Waals surface area contributed by atoms with Crippen LogP contribution in [0.15, 0.2) is 48.5 Å². The Morgan fingerprint density at radius 1 is 1.21 bits per heavy atom. The summed E-state index contributed by atoms with van der Waals surface area (Å²) in [5.41, 5.74) is 2.51. The lowest BCUT2D eigenvalue weighted by atomic mass is 10.0. The maximum absolute atomic E-state index is 12.9. The van der Waals surface area contributed by atoms with Gasteiger partial charge in [0.2, 0.25) is 5.91 Å². The largest absolute Gasteiger partial charge is 0.491 e. The molecule has 6 nitrogen and oxygen atoms in total. The minimum atomic E-state index is -0.629. The van der Waals surface area contributed by atoms with Gasteiger partial charge in [0.05, 0.1) is 6.10 Å². The summed E-state index contributed by atoms with van der Waals surface area (Å²) in [5, 5.41) is 12.0. The molecule has 0 bridgehead atoms. The first kappa shape index (κ1) is 19.9. The van der Waals surface area contributed by atoms with Crippen molar-refractivity contribution in [2.75, 3.05) is 19.7 Å². The van der Waals surface area contributed by atoms with Crippen LogP contribution >= 0.6 is 0 Å². The lowest BCUT2D eigenvalue weighted by molar-refractivity contribution is -0.128. The lowest BCUT2D eigenvalue weighted by Crippen LogP contribution is -2.57. The van der Waals surface area contributed by atoms with Gasteiger partial charge in [-0.25, -0.2) is 0 Å². The van der Waals surface area contributed by atoms with E-state index >= 15 is 0 Å². The van der Waals surface area contributed by atoms with Crippen LogP contribution in [0.4, 0.5) is 0 Å². The third-order valence-corrected chi connectivity index (χ3v) is 4.67. The number of aliphatic hydroxyl groups is 1. The second kappa shape index (κ2) is 8.89. The van der Waals surface area contributed by atoms with Gasteiger partial charge in [-0.05, 0) is 55.7 Å². The van der Waals surface area contributed by atoms with Gasteiger partial charge in [-0.15, -0.1) is 0 Å².